The SMILES string of the molecule is O=C(CCNS(=O)(=O)/C=C/c1ccccc1)Nc1cnc(-c2ccccc2)nc1. The van der Waals surface area contributed by atoms with Gasteiger partial charge >= 0.3 is 0 Å². The first-order chi connectivity index (χ1) is 14.0. The molecule has 7 nitrogen and oxygen atoms in total. The summed E-state index contributed by atoms with van der Waals surface area (Å²) in [6.07, 6.45) is 4.51. The van der Waals surface area contributed by atoms with Crippen LogP contribution in [-0.2, 0) is 14.8 Å². The van der Waals surface area contributed by atoms with E-state index in [1.807, 2.05) is 48.5 Å². The first-order valence-corrected chi connectivity index (χ1v) is 10.5. The summed E-state index contributed by atoms with van der Waals surface area (Å²) >= 11 is 0. The fourth-order valence-electron chi connectivity index (χ4n) is 2.44. The first kappa shape index (κ1) is 20.4. The van der Waals surface area contributed by atoms with Gasteiger partial charge in [-0.25, -0.2) is 23.1 Å². The highest BCUT2D eigenvalue weighted by Crippen LogP contribution is 2.14. The summed E-state index contributed by atoms with van der Waals surface area (Å²) in [4.78, 5) is 20.5. The molecule has 2 N–H and O–H groups in total. The molecule has 3 rings (SSSR count). The highest BCUT2D eigenvalue weighted by Gasteiger charge is 2.08. The Morgan fingerprint density at radius 2 is 1.55 bits per heavy atom. The highest BCUT2D eigenvalue weighted by atomic mass is 32.2. The standard InChI is InChI=1S/C21H20N4O3S/c26-20(11-13-24-29(27,28)14-12-17-7-3-1-4-8-17)25-19-15-22-21(23-16-19)18-9-5-2-6-10-18/h1-10,12,14-16,24H,11,13H2,(H,25,26)/b14-12+. The quantitative estimate of drug-likeness (QED) is 0.597. The average Bonchev–Trinajstić information content (AvgIpc) is 2.74. The molecule has 0 unspecified atom stereocenters. The molecule has 3 aromatic rings. The largest absolute Gasteiger partial charge is 0.323 e. The van der Waals surface area contributed by atoms with Crippen LogP contribution in [0.1, 0.15) is 12.0 Å². The number of anilines is 1. The number of aromatic nitrogens is 2. The van der Waals surface area contributed by atoms with Crippen LogP contribution in [0.4, 0.5) is 5.69 Å². The average molecular weight is 408 g/mol. The maximum absolute atomic E-state index is 12.0. The van der Waals surface area contributed by atoms with E-state index in [2.05, 4.69) is 20.0 Å². The predicted molar refractivity (Wildman–Crippen MR) is 113 cm³/mol. The molecule has 2 aromatic carbocycles. The van der Waals surface area contributed by atoms with Gasteiger partial charge in [0.1, 0.15) is 0 Å². The van der Waals surface area contributed by atoms with Crippen molar-refractivity contribution in [1.82, 2.24) is 14.7 Å². The zero-order valence-electron chi connectivity index (χ0n) is 15.5. The number of hydrogen-bond donors (Lipinski definition) is 2. The predicted octanol–water partition coefficient (Wildman–Crippen LogP) is 3.06. The lowest BCUT2D eigenvalue weighted by Gasteiger charge is -2.06. The third kappa shape index (κ3) is 6.63. The molecule has 0 saturated carbocycles. The Morgan fingerprint density at radius 1 is 0.931 bits per heavy atom. The van der Waals surface area contributed by atoms with Crippen LogP contribution >= 0.6 is 0 Å². The highest BCUT2D eigenvalue weighted by molar-refractivity contribution is 7.92. The summed E-state index contributed by atoms with van der Waals surface area (Å²) < 4.78 is 26.3. The van der Waals surface area contributed by atoms with Crippen molar-refractivity contribution in [2.24, 2.45) is 0 Å². The molecule has 0 aliphatic carbocycles. The Morgan fingerprint density at radius 3 is 2.21 bits per heavy atom. The number of sulfonamides is 1. The lowest BCUT2D eigenvalue weighted by molar-refractivity contribution is -0.116. The smallest absolute Gasteiger partial charge is 0.233 e. The van der Waals surface area contributed by atoms with Crippen LogP contribution < -0.4 is 10.0 Å². The molecule has 8 heteroatoms. The maximum atomic E-state index is 12.0. The van der Waals surface area contributed by atoms with Gasteiger partial charge in [-0.1, -0.05) is 60.7 Å². The minimum atomic E-state index is -3.62. The van der Waals surface area contributed by atoms with Crippen molar-refractivity contribution in [3.8, 4) is 11.4 Å². The summed E-state index contributed by atoms with van der Waals surface area (Å²) in [5.74, 6) is 0.220. The van der Waals surface area contributed by atoms with Crippen molar-refractivity contribution < 1.29 is 13.2 Å². The lowest BCUT2D eigenvalue weighted by Crippen LogP contribution is -2.26. The van der Waals surface area contributed by atoms with Crippen molar-refractivity contribution in [3.63, 3.8) is 0 Å². The minimum absolute atomic E-state index is 0.0150. The van der Waals surface area contributed by atoms with Crippen LogP contribution in [0.2, 0.25) is 0 Å². The number of carbonyl (C=O) groups is 1. The van der Waals surface area contributed by atoms with Crippen LogP contribution in [0, 0.1) is 0 Å². The lowest BCUT2D eigenvalue weighted by atomic mass is 10.2. The summed E-state index contributed by atoms with van der Waals surface area (Å²) in [5, 5.41) is 3.73. The number of carbonyl (C=O) groups excluding carboxylic acids is 1. The van der Waals surface area contributed by atoms with E-state index in [-0.39, 0.29) is 18.9 Å². The number of hydrogen-bond acceptors (Lipinski definition) is 5. The molecule has 0 fully saturated rings. The monoisotopic (exact) mass is 408 g/mol. The second-order valence-corrected chi connectivity index (χ2v) is 7.76. The van der Waals surface area contributed by atoms with Gasteiger partial charge in [-0.3, -0.25) is 4.79 Å². The second-order valence-electron chi connectivity index (χ2n) is 6.11. The first-order valence-electron chi connectivity index (χ1n) is 8.92. The summed E-state index contributed by atoms with van der Waals surface area (Å²) in [7, 11) is -3.62. The van der Waals surface area contributed by atoms with Gasteiger partial charge < -0.3 is 5.32 Å². The number of benzene rings is 2. The Hall–Kier alpha value is -3.36. The molecule has 0 bridgehead atoms. The van der Waals surface area contributed by atoms with E-state index in [0.29, 0.717) is 11.5 Å². The third-order valence-corrected chi connectivity index (χ3v) is 4.96. The summed E-state index contributed by atoms with van der Waals surface area (Å²) in [6.45, 7) is -0.0176. The van der Waals surface area contributed by atoms with Gasteiger partial charge in [0.15, 0.2) is 5.82 Å². The van der Waals surface area contributed by atoms with Crippen molar-refractivity contribution in [2.75, 3.05) is 11.9 Å². The topological polar surface area (TPSA) is 101 Å². The molecule has 1 heterocycles. The molecule has 0 spiro atoms. The van der Waals surface area contributed by atoms with Gasteiger partial charge in [0, 0.05) is 23.9 Å². The molecular formula is C21H20N4O3S. The number of nitrogens with one attached hydrogen (secondary N) is 2. The second kappa shape index (κ2) is 9.72. The summed E-state index contributed by atoms with van der Waals surface area (Å²) in [6, 6.07) is 18.6. The van der Waals surface area contributed by atoms with Crippen LogP contribution in [-0.4, -0.2) is 30.8 Å². The molecule has 0 radical (unpaired) electrons. The molecule has 148 valence electrons. The Balaban J connectivity index is 1.46. The van der Waals surface area contributed by atoms with Crippen molar-refractivity contribution in [2.45, 2.75) is 6.42 Å². The number of nitrogens with zero attached hydrogens (tertiary/aromatic N) is 2. The third-order valence-electron chi connectivity index (χ3n) is 3.86. The molecule has 0 atom stereocenters. The molecule has 0 aliphatic rings. The normalized spacial score (nSPS) is 11.4. The number of amides is 1. The molecule has 0 saturated heterocycles. The minimum Gasteiger partial charge on any atom is -0.323 e. The molecule has 1 amide bonds. The van der Waals surface area contributed by atoms with Crippen molar-refractivity contribution in [3.05, 3.63) is 84.0 Å². The molecule has 1 aromatic heterocycles. The molecular weight excluding hydrogens is 388 g/mol. The van der Waals surface area contributed by atoms with E-state index in [1.165, 1.54) is 18.5 Å². The Labute approximate surface area is 169 Å². The van der Waals surface area contributed by atoms with E-state index < -0.39 is 10.0 Å². The van der Waals surface area contributed by atoms with Gasteiger partial charge in [0.05, 0.1) is 18.1 Å². The van der Waals surface area contributed by atoms with E-state index in [9.17, 15) is 13.2 Å². The van der Waals surface area contributed by atoms with Crippen molar-refractivity contribution >= 4 is 27.7 Å². The van der Waals surface area contributed by atoms with Crippen molar-refractivity contribution in [1.29, 1.82) is 0 Å². The van der Waals surface area contributed by atoms with E-state index in [1.54, 1.807) is 12.1 Å². The summed E-state index contributed by atoms with van der Waals surface area (Å²) in [5.41, 5.74) is 2.10. The van der Waals surface area contributed by atoms with Gasteiger partial charge in [-0.05, 0) is 11.6 Å². The molecule has 0 aliphatic heterocycles. The Kier molecular flexibility index (Phi) is 6.83. The van der Waals surface area contributed by atoms with E-state index >= 15 is 0 Å². The fourth-order valence-corrected chi connectivity index (χ4v) is 3.26. The van der Waals surface area contributed by atoms with Gasteiger partial charge in [-0.2, -0.15) is 0 Å². The zero-order chi connectivity index (χ0) is 20.5. The van der Waals surface area contributed by atoms with Crippen LogP contribution in [0.25, 0.3) is 17.5 Å². The molecule has 29 heavy (non-hydrogen) atoms. The van der Waals surface area contributed by atoms with Crippen LogP contribution in [0.3, 0.4) is 0 Å². The van der Waals surface area contributed by atoms with E-state index in [0.717, 1.165) is 16.5 Å². The number of rotatable bonds is 8. The van der Waals surface area contributed by atoms with E-state index in [4.69, 9.17) is 0 Å². The van der Waals surface area contributed by atoms with Crippen LogP contribution in [0.15, 0.2) is 78.5 Å². The zero-order valence-corrected chi connectivity index (χ0v) is 16.3. The fraction of sp³-hybridized carbons (Fsp3) is 0.0952. The van der Waals surface area contributed by atoms with Gasteiger partial charge in [0.25, 0.3) is 0 Å². The van der Waals surface area contributed by atoms with Gasteiger partial charge in [0.2, 0.25) is 15.9 Å². The maximum Gasteiger partial charge on any atom is 0.233 e. The Bertz CT molecular complexity index is 1070. The van der Waals surface area contributed by atoms with Crippen LogP contribution in [0.5, 0.6) is 0 Å². The van der Waals surface area contributed by atoms with Gasteiger partial charge in [-0.15, -0.1) is 0 Å².